The molecule has 0 saturated carbocycles. The molecule has 5 heteroatoms. The van der Waals surface area contributed by atoms with Gasteiger partial charge in [0.1, 0.15) is 11.3 Å². The minimum Gasteiger partial charge on any atom is -0.478 e. The van der Waals surface area contributed by atoms with E-state index in [4.69, 9.17) is 4.74 Å². The van der Waals surface area contributed by atoms with E-state index < -0.39 is 5.97 Å². The Morgan fingerprint density at radius 3 is 2.71 bits per heavy atom. The highest BCUT2D eigenvalue weighted by Crippen LogP contribution is 2.28. The van der Waals surface area contributed by atoms with Crippen LogP contribution < -0.4 is 0 Å². The molecule has 1 N–H and O–H groups in total. The lowest BCUT2D eigenvalue weighted by molar-refractivity contribution is 0.0699. The van der Waals surface area contributed by atoms with Crippen LogP contribution in [0.5, 0.6) is 0 Å². The molecule has 0 radical (unpaired) electrons. The van der Waals surface area contributed by atoms with Crippen molar-refractivity contribution in [3.05, 3.63) is 29.6 Å². The van der Waals surface area contributed by atoms with Crippen LogP contribution in [-0.2, 0) is 16.7 Å². The van der Waals surface area contributed by atoms with Gasteiger partial charge in [0.25, 0.3) is 0 Å². The molecule has 1 heterocycles. The van der Waals surface area contributed by atoms with Crippen LogP contribution in [0.1, 0.15) is 43.4 Å². The molecule has 0 aliphatic rings. The van der Waals surface area contributed by atoms with Crippen LogP contribution in [0.15, 0.2) is 18.2 Å². The molecule has 1 aromatic heterocycles. The molecule has 0 spiro atoms. The molecule has 0 aliphatic heterocycles. The molecule has 0 unspecified atom stereocenters. The maximum atomic E-state index is 11.4. The summed E-state index contributed by atoms with van der Waals surface area (Å²) in [6.07, 6.45) is 1.76. The molecule has 5 nitrogen and oxygen atoms in total. The van der Waals surface area contributed by atoms with Crippen molar-refractivity contribution < 1.29 is 14.6 Å². The molecular weight excluding hydrogens is 268 g/mol. The average molecular weight is 290 g/mol. The van der Waals surface area contributed by atoms with Crippen LogP contribution in [0.2, 0.25) is 0 Å². The quantitative estimate of drug-likeness (QED) is 0.888. The van der Waals surface area contributed by atoms with Crippen molar-refractivity contribution in [2.45, 2.75) is 39.2 Å². The molecule has 21 heavy (non-hydrogen) atoms. The number of nitrogens with zero attached hydrogens (tertiary/aromatic N) is 2. The lowest BCUT2D eigenvalue weighted by Gasteiger charge is -2.28. The number of ether oxygens (including phenoxy) is 1. The number of aryl methyl sites for hydroxylation is 1. The summed E-state index contributed by atoms with van der Waals surface area (Å²) in [5.41, 5.74) is 1.36. The Morgan fingerprint density at radius 2 is 2.14 bits per heavy atom. The van der Waals surface area contributed by atoms with Crippen LogP contribution >= 0.6 is 0 Å². The molecule has 0 aliphatic carbocycles. The summed E-state index contributed by atoms with van der Waals surface area (Å²) in [5, 5.41) is 9.35. The van der Waals surface area contributed by atoms with Gasteiger partial charge in [0.05, 0.1) is 23.2 Å². The van der Waals surface area contributed by atoms with E-state index in [1.54, 1.807) is 19.2 Å². The second-order valence-electron chi connectivity index (χ2n) is 5.84. The van der Waals surface area contributed by atoms with Gasteiger partial charge >= 0.3 is 5.97 Å². The van der Waals surface area contributed by atoms with E-state index in [2.05, 4.69) is 30.3 Å². The topological polar surface area (TPSA) is 64.3 Å². The predicted molar refractivity (Wildman–Crippen MR) is 81.9 cm³/mol. The number of methoxy groups -OCH3 is 1. The molecule has 0 atom stereocenters. The summed E-state index contributed by atoms with van der Waals surface area (Å²) in [5.74, 6) is -0.0407. The van der Waals surface area contributed by atoms with E-state index in [9.17, 15) is 9.90 Å². The van der Waals surface area contributed by atoms with Gasteiger partial charge in [-0.05, 0) is 32.4 Å². The number of aromatic nitrogens is 2. The fourth-order valence-corrected chi connectivity index (χ4v) is 2.80. The number of rotatable bonds is 6. The van der Waals surface area contributed by atoms with Crippen LogP contribution in [0.25, 0.3) is 11.0 Å². The second kappa shape index (κ2) is 5.85. The second-order valence-corrected chi connectivity index (χ2v) is 5.84. The first-order valence-electron chi connectivity index (χ1n) is 7.15. The fourth-order valence-electron chi connectivity index (χ4n) is 2.80. The summed E-state index contributed by atoms with van der Waals surface area (Å²) in [4.78, 5) is 16.0. The molecule has 0 fully saturated rings. The monoisotopic (exact) mass is 290 g/mol. The molecule has 1 aromatic carbocycles. The first-order valence-corrected chi connectivity index (χ1v) is 7.15. The lowest BCUT2D eigenvalue weighted by Crippen LogP contribution is -2.33. The van der Waals surface area contributed by atoms with E-state index in [-0.39, 0.29) is 11.1 Å². The number of hydrogen-bond acceptors (Lipinski definition) is 3. The summed E-state index contributed by atoms with van der Waals surface area (Å²) in [6.45, 7) is 6.77. The van der Waals surface area contributed by atoms with Gasteiger partial charge in [-0.25, -0.2) is 9.78 Å². The third-order valence-corrected chi connectivity index (χ3v) is 3.56. The smallest absolute Gasteiger partial charge is 0.337 e. The van der Waals surface area contributed by atoms with E-state index in [1.807, 2.05) is 6.07 Å². The van der Waals surface area contributed by atoms with Crippen molar-refractivity contribution in [1.82, 2.24) is 9.55 Å². The zero-order chi connectivity index (χ0) is 15.6. The van der Waals surface area contributed by atoms with Gasteiger partial charge in [0.15, 0.2) is 0 Å². The van der Waals surface area contributed by atoms with Gasteiger partial charge < -0.3 is 14.4 Å². The number of carboxylic acids is 1. The maximum absolute atomic E-state index is 11.4. The number of hydrogen-bond donors (Lipinski definition) is 1. The Hall–Kier alpha value is -1.88. The van der Waals surface area contributed by atoms with Gasteiger partial charge in [-0.15, -0.1) is 0 Å². The Morgan fingerprint density at radius 1 is 1.43 bits per heavy atom. The van der Waals surface area contributed by atoms with Gasteiger partial charge in [-0.1, -0.05) is 13.0 Å². The van der Waals surface area contributed by atoms with E-state index in [0.717, 1.165) is 24.2 Å². The van der Waals surface area contributed by atoms with Crippen LogP contribution in [0.4, 0.5) is 0 Å². The molecule has 0 saturated heterocycles. The SMILES string of the molecule is CCCc1nc2c(C(=O)O)cccc2n1C(C)(C)COC. The summed E-state index contributed by atoms with van der Waals surface area (Å²) in [6, 6.07) is 5.29. The molecule has 0 bridgehead atoms. The molecule has 2 aromatic rings. The van der Waals surface area contributed by atoms with Crippen molar-refractivity contribution >= 4 is 17.0 Å². The van der Waals surface area contributed by atoms with Crippen LogP contribution in [0, 0.1) is 0 Å². The molecular formula is C16H22N2O3. The van der Waals surface area contributed by atoms with Crippen molar-refractivity contribution in [1.29, 1.82) is 0 Å². The van der Waals surface area contributed by atoms with Crippen molar-refractivity contribution in [3.8, 4) is 0 Å². The highest BCUT2D eigenvalue weighted by Gasteiger charge is 2.27. The third-order valence-electron chi connectivity index (χ3n) is 3.56. The number of carbonyl (C=O) groups is 1. The van der Waals surface area contributed by atoms with E-state index in [1.165, 1.54) is 0 Å². The Kier molecular flexibility index (Phi) is 4.32. The number of imidazole rings is 1. The van der Waals surface area contributed by atoms with Gasteiger partial charge in [0.2, 0.25) is 0 Å². The largest absolute Gasteiger partial charge is 0.478 e. The van der Waals surface area contributed by atoms with Crippen molar-refractivity contribution in [2.24, 2.45) is 0 Å². The average Bonchev–Trinajstić information content (AvgIpc) is 2.77. The Balaban J connectivity index is 2.75. The zero-order valence-electron chi connectivity index (χ0n) is 13.0. The highest BCUT2D eigenvalue weighted by atomic mass is 16.5. The van der Waals surface area contributed by atoms with E-state index >= 15 is 0 Å². The predicted octanol–water partition coefficient (Wildman–Crippen LogP) is 3.07. The summed E-state index contributed by atoms with van der Waals surface area (Å²) < 4.78 is 7.44. The van der Waals surface area contributed by atoms with Crippen LogP contribution in [-0.4, -0.2) is 34.3 Å². The van der Waals surface area contributed by atoms with Gasteiger partial charge in [0, 0.05) is 13.5 Å². The maximum Gasteiger partial charge on any atom is 0.337 e. The minimum atomic E-state index is -0.946. The van der Waals surface area contributed by atoms with Crippen molar-refractivity contribution in [2.75, 3.05) is 13.7 Å². The van der Waals surface area contributed by atoms with Gasteiger partial charge in [-0.3, -0.25) is 0 Å². The lowest BCUT2D eigenvalue weighted by atomic mass is 10.1. The Labute approximate surface area is 124 Å². The van der Waals surface area contributed by atoms with Crippen LogP contribution in [0.3, 0.4) is 0 Å². The first kappa shape index (κ1) is 15.5. The fraction of sp³-hybridized carbons (Fsp3) is 0.500. The number of para-hydroxylation sites is 1. The molecule has 2 rings (SSSR count). The number of aromatic carboxylic acids is 1. The normalized spacial score (nSPS) is 12.0. The summed E-state index contributed by atoms with van der Waals surface area (Å²) in [7, 11) is 1.67. The standard InChI is InChI=1S/C16H22N2O3/c1-5-7-13-17-14-11(15(19)20)8-6-9-12(14)18(13)16(2,3)10-21-4/h6,8-9H,5,7,10H2,1-4H3,(H,19,20). The zero-order valence-corrected chi connectivity index (χ0v) is 13.0. The first-order chi connectivity index (χ1) is 9.92. The van der Waals surface area contributed by atoms with Gasteiger partial charge in [-0.2, -0.15) is 0 Å². The number of carboxylic acid groups (broad SMARTS) is 1. The third kappa shape index (κ3) is 2.78. The molecule has 114 valence electrons. The van der Waals surface area contributed by atoms with Crippen molar-refractivity contribution in [3.63, 3.8) is 0 Å². The number of fused-ring (bicyclic) bond motifs is 1. The highest BCUT2D eigenvalue weighted by molar-refractivity contribution is 6.01. The summed E-state index contributed by atoms with van der Waals surface area (Å²) >= 11 is 0. The number of benzene rings is 1. The molecule has 0 amide bonds. The van der Waals surface area contributed by atoms with E-state index in [0.29, 0.717) is 12.1 Å². The minimum absolute atomic E-state index is 0.247. The Bertz CT molecular complexity index is 659.